The van der Waals surface area contributed by atoms with Gasteiger partial charge in [-0.25, -0.2) is 9.97 Å². The van der Waals surface area contributed by atoms with Gasteiger partial charge < -0.3 is 11.1 Å². The van der Waals surface area contributed by atoms with Crippen molar-refractivity contribution in [1.82, 2.24) is 9.97 Å². The molecule has 2 heterocycles. The average Bonchev–Trinajstić information content (AvgIpc) is 2.86. The maximum absolute atomic E-state index is 5.87. The molecule has 0 saturated carbocycles. The molecule has 0 spiro atoms. The number of benzene rings is 2. The van der Waals surface area contributed by atoms with E-state index in [1.165, 1.54) is 0 Å². The molecule has 2 aromatic carbocycles. The molecule has 0 aliphatic rings. The van der Waals surface area contributed by atoms with Crippen LogP contribution in [0, 0.1) is 0 Å². The van der Waals surface area contributed by atoms with Crippen molar-refractivity contribution in [3.05, 3.63) is 53.3 Å². The molecule has 2 aromatic heterocycles. The Labute approximate surface area is 151 Å². The molecule has 23 heavy (non-hydrogen) atoms. The van der Waals surface area contributed by atoms with E-state index in [1.54, 1.807) is 17.7 Å². The van der Waals surface area contributed by atoms with E-state index in [9.17, 15) is 0 Å². The maximum Gasteiger partial charge on any atom is 0.151 e. The van der Waals surface area contributed by atoms with Crippen LogP contribution in [0.15, 0.2) is 53.3 Å². The third-order valence-electron chi connectivity index (χ3n) is 3.36. The van der Waals surface area contributed by atoms with Crippen LogP contribution in [0.4, 0.5) is 17.2 Å². The van der Waals surface area contributed by atoms with Gasteiger partial charge in [-0.2, -0.15) is 0 Å². The summed E-state index contributed by atoms with van der Waals surface area (Å²) in [6, 6.07) is 13.9. The van der Waals surface area contributed by atoms with Gasteiger partial charge in [0.05, 0.1) is 10.2 Å². The van der Waals surface area contributed by atoms with Crippen molar-refractivity contribution < 1.29 is 0 Å². The molecule has 0 saturated heterocycles. The second-order valence-corrected chi connectivity index (χ2v) is 6.86. The topological polar surface area (TPSA) is 63.8 Å². The van der Waals surface area contributed by atoms with E-state index >= 15 is 0 Å². The molecular weight excluding hydrogens is 396 g/mol. The maximum atomic E-state index is 5.87. The summed E-state index contributed by atoms with van der Waals surface area (Å²) < 4.78 is 3.17. The number of anilines is 3. The van der Waals surface area contributed by atoms with Gasteiger partial charge in [0.15, 0.2) is 5.82 Å². The lowest BCUT2D eigenvalue weighted by Gasteiger charge is -2.06. The Bertz CT molecular complexity index is 1000. The Hall–Kier alpha value is -1.89. The Morgan fingerprint density at radius 1 is 1.09 bits per heavy atom. The van der Waals surface area contributed by atoms with Crippen LogP contribution < -0.4 is 11.1 Å². The zero-order chi connectivity index (χ0) is 15.1. The van der Waals surface area contributed by atoms with Crippen molar-refractivity contribution in [1.29, 1.82) is 0 Å². The summed E-state index contributed by atoms with van der Waals surface area (Å²) in [6.45, 7) is 0. The van der Waals surface area contributed by atoms with Crippen LogP contribution in [0.25, 0.3) is 20.3 Å². The molecule has 0 atom stereocenters. The lowest BCUT2D eigenvalue weighted by Crippen LogP contribution is -1.94. The van der Waals surface area contributed by atoms with Crippen LogP contribution >= 0.6 is 39.7 Å². The Balaban J connectivity index is 0.00000156. The average molecular weight is 408 g/mol. The number of rotatable bonds is 2. The smallest absolute Gasteiger partial charge is 0.151 e. The van der Waals surface area contributed by atoms with Gasteiger partial charge in [-0.15, -0.1) is 23.7 Å². The third-order valence-corrected chi connectivity index (χ3v) is 5.01. The second-order valence-electron chi connectivity index (χ2n) is 4.89. The predicted octanol–water partition coefficient (Wildman–Crippen LogP) is 5.35. The fourth-order valence-electron chi connectivity index (χ4n) is 2.38. The Kier molecular flexibility index (Phi) is 4.39. The summed E-state index contributed by atoms with van der Waals surface area (Å²) in [6.07, 6.45) is 1.59. The van der Waals surface area contributed by atoms with Crippen LogP contribution in [-0.2, 0) is 0 Å². The van der Waals surface area contributed by atoms with E-state index in [-0.39, 0.29) is 12.4 Å². The van der Waals surface area contributed by atoms with Gasteiger partial charge in [0.2, 0.25) is 0 Å². The highest BCUT2D eigenvalue weighted by atomic mass is 79.9. The van der Waals surface area contributed by atoms with E-state index < -0.39 is 0 Å². The first-order chi connectivity index (χ1) is 10.7. The summed E-state index contributed by atoms with van der Waals surface area (Å²) in [5.74, 6) is 0.808. The number of nitrogen functional groups attached to an aromatic ring is 1. The monoisotopic (exact) mass is 406 g/mol. The lowest BCUT2D eigenvalue weighted by atomic mass is 10.2. The summed E-state index contributed by atoms with van der Waals surface area (Å²) in [5.41, 5.74) is 8.56. The fourth-order valence-corrected chi connectivity index (χ4v) is 3.93. The highest BCUT2D eigenvalue weighted by Gasteiger charge is 2.11. The zero-order valence-electron chi connectivity index (χ0n) is 11.8. The number of halogens is 2. The molecule has 0 bridgehead atoms. The van der Waals surface area contributed by atoms with Crippen LogP contribution in [0.1, 0.15) is 0 Å². The van der Waals surface area contributed by atoms with Gasteiger partial charge in [-0.1, -0.05) is 22.0 Å². The zero-order valence-corrected chi connectivity index (χ0v) is 15.0. The first kappa shape index (κ1) is 16.0. The normalized spacial score (nSPS) is 10.7. The molecule has 7 heteroatoms. The minimum absolute atomic E-state index is 0. The first-order valence-corrected chi connectivity index (χ1v) is 8.27. The van der Waals surface area contributed by atoms with E-state index in [2.05, 4.69) is 31.2 Å². The number of hydrogen-bond donors (Lipinski definition) is 2. The molecule has 0 unspecified atom stereocenters. The number of nitrogens with two attached hydrogens (primary N) is 1. The second kappa shape index (κ2) is 6.31. The van der Waals surface area contributed by atoms with Gasteiger partial charge in [-0.05, 0) is 36.4 Å². The van der Waals surface area contributed by atoms with Crippen LogP contribution in [0.2, 0.25) is 0 Å². The van der Waals surface area contributed by atoms with Gasteiger partial charge in [0.1, 0.15) is 6.33 Å². The SMILES string of the molecule is Cl.Nc1ccc2c(c1)sc1c(Nc3cccc(Br)c3)ncnc12. The number of fused-ring (bicyclic) bond motifs is 3. The summed E-state index contributed by atoms with van der Waals surface area (Å²) in [5, 5.41) is 4.47. The Morgan fingerprint density at radius 2 is 1.96 bits per heavy atom. The van der Waals surface area contributed by atoms with Crippen molar-refractivity contribution in [3.63, 3.8) is 0 Å². The summed E-state index contributed by atoms with van der Waals surface area (Å²) in [7, 11) is 0. The molecule has 0 radical (unpaired) electrons. The van der Waals surface area contributed by atoms with Gasteiger partial charge in [-0.3, -0.25) is 0 Å². The fraction of sp³-hybridized carbons (Fsp3) is 0. The minimum atomic E-state index is 0. The van der Waals surface area contributed by atoms with Crippen molar-refractivity contribution in [2.45, 2.75) is 0 Å². The van der Waals surface area contributed by atoms with Gasteiger partial charge in [0.25, 0.3) is 0 Å². The predicted molar refractivity (Wildman–Crippen MR) is 104 cm³/mol. The largest absolute Gasteiger partial charge is 0.399 e. The van der Waals surface area contributed by atoms with Gasteiger partial charge in [0, 0.05) is 25.9 Å². The van der Waals surface area contributed by atoms with Crippen LogP contribution in [0.5, 0.6) is 0 Å². The van der Waals surface area contributed by atoms with Crippen LogP contribution in [0.3, 0.4) is 0 Å². The van der Waals surface area contributed by atoms with E-state index in [1.807, 2.05) is 42.5 Å². The highest BCUT2D eigenvalue weighted by molar-refractivity contribution is 9.10. The molecule has 0 fully saturated rings. The molecule has 4 aromatic rings. The van der Waals surface area contributed by atoms with E-state index in [0.29, 0.717) is 0 Å². The van der Waals surface area contributed by atoms with Gasteiger partial charge >= 0.3 is 0 Å². The summed E-state index contributed by atoms with van der Waals surface area (Å²) in [4.78, 5) is 8.82. The highest BCUT2D eigenvalue weighted by Crippen LogP contribution is 2.37. The first-order valence-electron chi connectivity index (χ1n) is 6.66. The van der Waals surface area contributed by atoms with E-state index in [4.69, 9.17) is 5.73 Å². The Morgan fingerprint density at radius 3 is 2.78 bits per heavy atom. The third kappa shape index (κ3) is 2.97. The number of aromatic nitrogens is 2. The van der Waals surface area contributed by atoms with Crippen molar-refractivity contribution in [2.75, 3.05) is 11.1 Å². The lowest BCUT2D eigenvalue weighted by molar-refractivity contribution is 1.23. The molecule has 4 rings (SSSR count). The van der Waals surface area contributed by atoms with Crippen molar-refractivity contribution in [3.8, 4) is 0 Å². The minimum Gasteiger partial charge on any atom is -0.399 e. The molecule has 0 aliphatic carbocycles. The number of nitrogens with zero attached hydrogens (tertiary/aromatic N) is 2. The van der Waals surface area contributed by atoms with E-state index in [0.717, 1.165) is 42.0 Å². The quantitative estimate of drug-likeness (QED) is 0.439. The van der Waals surface area contributed by atoms with Crippen molar-refractivity contribution >= 4 is 77.2 Å². The van der Waals surface area contributed by atoms with Crippen molar-refractivity contribution in [2.24, 2.45) is 0 Å². The molecule has 4 nitrogen and oxygen atoms in total. The molecule has 116 valence electrons. The van der Waals surface area contributed by atoms with Crippen LogP contribution in [-0.4, -0.2) is 9.97 Å². The number of hydrogen-bond acceptors (Lipinski definition) is 5. The molecule has 3 N–H and O–H groups in total. The molecular formula is C16H12BrClN4S. The number of nitrogens with one attached hydrogen (secondary N) is 1. The number of thiophene rings is 1. The standard InChI is InChI=1S/C16H11BrN4S.ClH/c17-9-2-1-3-11(6-9)21-16-15-14(19-8-20-16)12-5-4-10(18)7-13(12)22-15;/h1-8H,18H2,(H,19,20,21);1H. The molecule has 0 aliphatic heterocycles. The molecule has 0 amide bonds. The summed E-state index contributed by atoms with van der Waals surface area (Å²) >= 11 is 5.12.